The number of rotatable bonds is 4. The lowest BCUT2D eigenvalue weighted by Crippen LogP contribution is -2.30. The number of aryl methyl sites for hydroxylation is 1. The molecule has 0 bridgehead atoms. The topological polar surface area (TPSA) is 89.1 Å². The normalized spacial score (nSPS) is 12.4. The number of aromatic nitrogens is 2. The summed E-state index contributed by atoms with van der Waals surface area (Å²) >= 11 is 0. The van der Waals surface area contributed by atoms with E-state index in [1.54, 1.807) is 12.4 Å². The van der Waals surface area contributed by atoms with E-state index in [2.05, 4.69) is 9.97 Å². The van der Waals surface area contributed by atoms with Crippen LogP contribution in [0.15, 0.2) is 18.7 Å². The van der Waals surface area contributed by atoms with Crippen molar-refractivity contribution in [2.45, 2.75) is 18.9 Å². The van der Waals surface area contributed by atoms with Crippen molar-refractivity contribution in [3.63, 3.8) is 0 Å². The summed E-state index contributed by atoms with van der Waals surface area (Å²) in [7, 11) is 0. The highest BCUT2D eigenvalue weighted by molar-refractivity contribution is 5.73. The molecule has 1 rings (SSSR count). The van der Waals surface area contributed by atoms with Crippen LogP contribution < -0.4 is 5.73 Å². The summed E-state index contributed by atoms with van der Waals surface area (Å²) in [5.41, 5.74) is 6.23. The van der Waals surface area contributed by atoms with Gasteiger partial charge in [0.05, 0.1) is 0 Å². The molecule has 1 unspecified atom stereocenters. The molecule has 0 aliphatic carbocycles. The predicted molar refractivity (Wildman–Crippen MR) is 46.0 cm³/mol. The fourth-order valence-electron chi connectivity index (χ4n) is 0.905. The quantitative estimate of drug-likeness (QED) is 0.672. The third-order valence-electron chi connectivity index (χ3n) is 1.68. The number of carboxylic acid groups (broad SMARTS) is 1. The van der Waals surface area contributed by atoms with Gasteiger partial charge in [0.2, 0.25) is 0 Å². The van der Waals surface area contributed by atoms with Gasteiger partial charge in [-0.1, -0.05) is 0 Å². The smallest absolute Gasteiger partial charge is 0.320 e. The van der Waals surface area contributed by atoms with E-state index >= 15 is 0 Å². The zero-order valence-corrected chi connectivity index (χ0v) is 7.05. The van der Waals surface area contributed by atoms with Crippen molar-refractivity contribution in [1.29, 1.82) is 0 Å². The molecule has 5 heteroatoms. The van der Waals surface area contributed by atoms with Gasteiger partial charge in [-0.2, -0.15) is 0 Å². The highest BCUT2D eigenvalue weighted by Gasteiger charge is 2.10. The van der Waals surface area contributed by atoms with Crippen LogP contribution in [0.2, 0.25) is 0 Å². The summed E-state index contributed by atoms with van der Waals surface area (Å²) in [4.78, 5) is 18.0. The Bertz CT molecular complexity index is 276. The maximum absolute atomic E-state index is 10.4. The van der Waals surface area contributed by atoms with Crippen molar-refractivity contribution in [3.8, 4) is 0 Å². The number of nitrogens with zero attached hydrogens (tertiary/aromatic N) is 2. The van der Waals surface area contributed by atoms with Crippen LogP contribution in [-0.2, 0) is 11.2 Å². The van der Waals surface area contributed by atoms with Gasteiger partial charge in [0.1, 0.15) is 12.4 Å². The molecule has 0 amide bonds. The number of carboxylic acids is 1. The summed E-state index contributed by atoms with van der Waals surface area (Å²) in [5, 5.41) is 8.50. The standard InChI is InChI=1S/C8H11N3O2/c9-7(8(12)13)2-1-6-3-10-5-11-4-6/h3-5,7H,1-2,9H2,(H,12,13). The maximum Gasteiger partial charge on any atom is 0.320 e. The minimum Gasteiger partial charge on any atom is -0.480 e. The van der Waals surface area contributed by atoms with E-state index in [4.69, 9.17) is 10.8 Å². The predicted octanol–water partition coefficient (Wildman–Crippen LogP) is -0.179. The highest BCUT2D eigenvalue weighted by atomic mass is 16.4. The van der Waals surface area contributed by atoms with Crippen LogP contribution in [0.25, 0.3) is 0 Å². The molecule has 0 saturated heterocycles. The minimum atomic E-state index is -0.975. The molecule has 1 atom stereocenters. The highest BCUT2D eigenvalue weighted by Crippen LogP contribution is 2.00. The van der Waals surface area contributed by atoms with E-state index in [0.29, 0.717) is 12.8 Å². The van der Waals surface area contributed by atoms with E-state index in [-0.39, 0.29) is 0 Å². The lowest BCUT2D eigenvalue weighted by Gasteiger charge is -2.04. The molecule has 1 aromatic rings. The van der Waals surface area contributed by atoms with Gasteiger partial charge in [0.25, 0.3) is 0 Å². The molecule has 70 valence electrons. The van der Waals surface area contributed by atoms with E-state index in [9.17, 15) is 4.79 Å². The molecule has 0 saturated carbocycles. The van der Waals surface area contributed by atoms with Crippen molar-refractivity contribution >= 4 is 5.97 Å². The SMILES string of the molecule is NC(CCc1cncnc1)C(=O)O. The average Bonchev–Trinajstić information content (AvgIpc) is 2.15. The molecule has 0 spiro atoms. The third-order valence-corrected chi connectivity index (χ3v) is 1.68. The first kappa shape index (κ1) is 9.60. The number of aliphatic carboxylic acids is 1. The van der Waals surface area contributed by atoms with E-state index in [1.807, 2.05) is 0 Å². The molecule has 1 aromatic heterocycles. The Labute approximate surface area is 75.6 Å². The lowest BCUT2D eigenvalue weighted by molar-refractivity contribution is -0.138. The molecule has 5 nitrogen and oxygen atoms in total. The Morgan fingerprint density at radius 3 is 2.69 bits per heavy atom. The Morgan fingerprint density at radius 1 is 1.54 bits per heavy atom. The number of hydrogen-bond acceptors (Lipinski definition) is 4. The molecule has 13 heavy (non-hydrogen) atoms. The van der Waals surface area contributed by atoms with Crippen LogP contribution in [0.1, 0.15) is 12.0 Å². The fraction of sp³-hybridized carbons (Fsp3) is 0.375. The maximum atomic E-state index is 10.4. The van der Waals surface area contributed by atoms with Gasteiger partial charge in [-0.15, -0.1) is 0 Å². The molecule has 0 aliphatic rings. The second-order valence-electron chi connectivity index (χ2n) is 2.73. The van der Waals surface area contributed by atoms with Gasteiger partial charge in [0.15, 0.2) is 0 Å². The van der Waals surface area contributed by atoms with Gasteiger partial charge >= 0.3 is 5.97 Å². The van der Waals surface area contributed by atoms with Crippen molar-refractivity contribution in [2.24, 2.45) is 5.73 Å². The van der Waals surface area contributed by atoms with Gasteiger partial charge in [-0.05, 0) is 18.4 Å². The van der Waals surface area contributed by atoms with Crippen LogP contribution in [0.5, 0.6) is 0 Å². The number of hydrogen-bond donors (Lipinski definition) is 2. The summed E-state index contributed by atoms with van der Waals surface area (Å²) in [6.07, 6.45) is 5.74. The van der Waals surface area contributed by atoms with E-state index < -0.39 is 12.0 Å². The molecular weight excluding hydrogens is 170 g/mol. The molecule has 0 radical (unpaired) electrons. The fourth-order valence-corrected chi connectivity index (χ4v) is 0.905. The first-order valence-electron chi connectivity index (χ1n) is 3.92. The average molecular weight is 181 g/mol. The molecule has 1 heterocycles. The van der Waals surface area contributed by atoms with Crippen LogP contribution in [-0.4, -0.2) is 27.1 Å². The van der Waals surface area contributed by atoms with Crippen molar-refractivity contribution in [2.75, 3.05) is 0 Å². The Hall–Kier alpha value is -1.49. The zero-order valence-electron chi connectivity index (χ0n) is 7.05. The lowest BCUT2D eigenvalue weighted by atomic mass is 10.1. The first-order valence-corrected chi connectivity index (χ1v) is 3.92. The summed E-state index contributed by atoms with van der Waals surface area (Å²) in [5.74, 6) is -0.975. The summed E-state index contributed by atoms with van der Waals surface area (Å²) < 4.78 is 0. The Balaban J connectivity index is 2.39. The van der Waals surface area contributed by atoms with Gasteiger partial charge in [-0.3, -0.25) is 4.79 Å². The molecule has 0 fully saturated rings. The summed E-state index contributed by atoms with van der Waals surface area (Å²) in [6.45, 7) is 0. The van der Waals surface area contributed by atoms with Crippen LogP contribution >= 0.6 is 0 Å². The third kappa shape index (κ3) is 3.16. The van der Waals surface area contributed by atoms with E-state index in [1.165, 1.54) is 6.33 Å². The van der Waals surface area contributed by atoms with Gasteiger partial charge in [0, 0.05) is 12.4 Å². The van der Waals surface area contributed by atoms with Gasteiger partial charge < -0.3 is 10.8 Å². The monoisotopic (exact) mass is 181 g/mol. The Kier molecular flexibility index (Phi) is 3.33. The minimum absolute atomic E-state index is 0.405. The largest absolute Gasteiger partial charge is 0.480 e. The summed E-state index contributed by atoms with van der Waals surface area (Å²) in [6, 6.07) is -0.805. The first-order chi connectivity index (χ1) is 6.20. The molecular formula is C8H11N3O2. The van der Waals surface area contributed by atoms with Crippen molar-refractivity contribution in [1.82, 2.24) is 9.97 Å². The van der Waals surface area contributed by atoms with Crippen LogP contribution in [0, 0.1) is 0 Å². The van der Waals surface area contributed by atoms with Gasteiger partial charge in [-0.25, -0.2) is 9.97 Å². The molecule has 0 aromatic carbocycles. The number of carbonyl (C=O) groups is 1. The van der Waals surface area contributed by atoms with Crippen molar-refractivity contribution < 1.29 is 9.90 Å². The van der Waals surface area contributed by atoms with Crippen molar-refractivity contribution in [3.05, 3.63) is 24.3 Å². The second kappa shape index (κ2) is 4.51. The van der Waals surface area contributed by atoms with E-state index in [0.717, 1.165) is 5.56 Å². The number of nitrogens with two attached hydrogens (primary N) is 1. The van der Waals surface area contributed by atoms with Crippen LogP contribution in [0.3, 0.4) is 0 Å². The molecule has 0 aliphatic heterocycles. The van der Waals surface area contributed by atoms with Crippen LogP contribution in [0.4, 0.5) is 0 Å². The Morgan fingerprint density at radius 2 is 2.15 bits per heavy atom. The zero-order chi connectivity index (χ0) is 9.68. The second-order valence-corrected chi connectivity index (χ2v) is 2.73. The molecule has 3 N–H and O–H groups in total.